The summed E-state index contributed by atoms with van der Waals surface area (Å²) in [4.78, 5) is 58.8. The van der Waals surface area contributed by atoms with Gasteiger partial charge in [-0.15, -0.1) is 5.06 Å². The number of benzene rings is 2. The first-order valence-corrected chi connectivity index (χ1v) is 19.5. The first-order chi connectivity index (χ1) is 25.1. The Balaban J connectivity index is 1.24. The number of piperazine rings is 1. The number of unbranched alkanes of at least 4 members (excludes halogenated alkanes) is 1. The van der Waals surface area contributed by atoms with Crippen LogP contribution in [0.25, 0.3) is 11.4 Å². The number of nitrogens with one attached hydrogen (secondary N) is 2. The van der Waals surface area contributed by atoms with Gasteiger partial charge in [0.2, 0.25) is 5.91 Å². The van der Waals surface area contributed by atoms with Crippen molar-refractivity contribution in [3.8, 4) is 11.4 Å². The normalized spacial score (nSPS) is 20.8. The van der Waals surface area contributed by atoms with Crippen molar-refractivity contribution in [3.63, 3.8) is 0 Å². The third-order valence-corrected chi connectivity index (χ3v) is 11.3. The standard InChI is InChI=1S/C36H46N7O8P/c1-4-5-20-49-36(46)51-43-18-16-41(17-19-43)35(45)30(24-52(47)40-32-25(2)10-9-13-27(32)23-50-52)38-34(44)29-21-31(42-15-14-28(22-42)48-3)39-33(37-29)26-11-7-6-8-12-26/h6-13,21,28,30H,4-5,14-20,22-24H2,1-3H3,(H,38,44)(H,40,47)/t28-,30-,52?/m0/s1. The second kappa shape index (κ2) is 16.8. The number of hydroxylamine groups is 2. The van der Waals surface area contributed by atoms with Gasteiger partial charge in [-0.25, -0.2) is 14.8 Å². The zero-order chi connectivity index (χ0) is 36.7. The van der Waals surface area contributed by atoms with Crippen LogP contribution in [0.5, 0.6) is 0 Å². The van der Waals surface area contributed by atoms with Gasteiger partial charge in [-0.3, -0.25) is 14.2 Å². The Hall–Kier alpha value is -4.56. The average molecular weight is 736 g/mol. The highest BCUT2D eigenvalue weighted by Gasteiger charge is 2.39. The molecule has 16 heteroatoms. The fourth-order valence-electron chi connectivity index (χ4n) is 6.35. The van der Waals surface area contributed by atoms with Crippen molar-refractivity contribution in [1.29, 1.82) is 0 Å². The van der Waals surface area contributed by atoms with E-state index in [2.05, 4.69) is 15.4 Å². The summed E-state index contributed by atoms with van der Waals surface area (Å²) in [6.07, 6.45) is 1.35. The van der Waals surface area contributed by atoms with E-state index in [1.165, 1.54) is 5.06 Å². The molecule has 2 saturated heterocycles. The van der Waals surface area contributed by atoms with E-state index in [9.17, 15) is 18.9 Å². The van der Waals surface area contributed by atoms with Gasteiger partial charge in [0.25, 0.3) is 13.4 Å². The second-order valence-corrected chi connectivity index (χ2v) is 15.3. The summed E-state index contributed by atoms with van der Waals surface area (Å²) in [6.45, 7) is 6.37. The van der Waals surface area contributed by atoms with Crippen molar-refractivity contribution < 1.29 is 37.8 Å². The molecular formula is C36H46N7O8P. The number of hydrogen-bond donors (Lipinski definition) is 2. The number of carbonyl (C=O) groups excluding carboxylic acids is 3. The maximum atomic E-state index is 14.3. The van der Waals surface area contributed by atoms with Gasteiger partial charge in [0, 0.05) is 56.2 Å². The van der Waals surface area contributed by atoms with Gasteiger partial charge in [-0.1, -0.05) is 61.9 Å². The molecule has 2 fully saturated rings. The molecule has 1 unspecified atom stereocenters. The number of anilines is 2. The molecule has 0 bridgehead atoms. The van der Waals surface area contributed by atoms with Crippen LogP contribution in [0.15, 0.2) is 54.6 Å². The Morgan fingerprint density at radius 3 is 2.58 bits per heavy atom. The number of ether oxygens (including phenoxy) is 2. The number of hydrogen-bond acceptors (Lipinski definition) is 12. The van der Waals surface area contributed by atoms with Gasteiger partial charge in [0.1, 0.15) is 17.6 Å². The fourth-order valence-corrected chi connectivity index (χ4v) is 8.35. The monoisotopic (exact) mass is 735 g/mol. The first-order valence-electron chi connectivity index (χ1n) is 17.7. The van der Waals surface area contributed by atoms with Crippen LogP contribution in [0.2, 0.25) is 0 Å². The number of rotatable bonds is 12. The van der Waals surface area contributed by atoms with Crippen molar-refractivity contribution in [3.05, 3.63) is 71.4 Å². The van der Waals surface area contributed by atoms with Gasteiger partial charge in [0.15, 0.2) is 5.82 Å². The van der Waals surface area contributed by atoms with Crippen LogP contribution in [-0.4, -0.2) is 109 Å². The Bertz CT molecular complexity index is 1790. The van der Waals surface area contributed by atoms with E-state index in [-0.39, 0.29) is 57.4 Å². The maximum absolute atomic E-state index is 14.3. The number of aromatic nitrogens is 2. The Morgan fingerprint density at radius 2 is 1.85 bits per heavy atom. The molecule has 6 rings (SSSR count). The number of para-hydroxylation sites is 1. The van der Waals surface area contributed by atoms with E-state index < -0.39 is 31.5 Å². The molecule has 3 atom stereocenters. The van der Waals surface area contributed by atoms with Crippen LogP contribution in [0.1, 0.15) is 47.8 Å². The molecule has 1 aromatic heterocycles. The zero-order valence-corrected chi connectivity index (χ0v) is 30.7. The highest BCUT2D eigenvalue weighted by atomic mass is 31.2. The van der Waals surface area contributed by atoms with E-state index in [1.54, 1.807) is 18.1 Å². The van der Waals surface area contributed by atoms with Crippen LogP contribution in [-0.2, 0) is 34.8 Å². The van der Waals surface area contributed by atoms with Crippen molar-refractivity contribution >= 4 is 37.0 Å². The molecule has 278 valence electrons. The summed E-state index contributed by atoms with van der Waals surface area (Å²) in [7, 11) is -2.01. The molecule has 3 aliphatic rings. The maximum Gasteiger partial charge on any atom is 0.527 e. The third kappa shape index (κ3) is 9.08. The Labute approximate surface area is 303 Å². The van der Waals surface area contributed by atoms with Crippen molar-refractivity contribution in [1.82, 2.24) is 25.2 Å². The highest BCUT2D eigenvalue weighted by Crippen LogP contribution is 2.53. The fraction of sp³-hybridized carbons (Fsp3) is 0.472. The molecule has 15 nitrogen and oxygen atoms in total. The van der Waals surface area contributed by atoms with E-state index in [0.29, 0.717) is 30.4 Å². The van der Waals surface area contributed by atoms with E-state index in [0.717, 1.165) is 36.0 Å². The molecule has 3 aliphatic heterocycles. The summed E-state index contributed by atoms with van der Waals surface area (Å²) in [5, 5.41) is 7.37. The quantitative estimate of drug-likeness (QED) is 0.151. The average Bonchev–Trinajstić information content (AvgIpc) is 3.65. The number of fused-ring (bicyclic) bond motifs is 1. The minimum Gasteiger partial charge on any atom is -0.433 e. The van der Waals surface area contributed by atoms with E-state index in [4.69, 9.17) is 23.8 Å². The summed E-state index contributed by atoms with van der Waals surface area (Å²) in [5.41, 5.74) is 3.21. The van der Waals surface area contributed by atoms with Crippen molar-refractivity contribution in [2.75, 3.05) is 69.1 Å². The third-order valence-electron chi connectivity index (χ3n) is 9.35. The first kappa shape index (κ1) is 37.2. The van der Waals surface area contributed by atoms with Gasteiger partial charge in [-0.2, -0.15) is 0 Å². The lowest BCUT2D eigenvalue weighted by molar-refractivity contribution is -0.157. The summed E-state index contributed by atoms with van der Waals surface area (Å²) in [5.74, 6) is -0.162. The van der Waals surface area contributed by atoms with Gasteiger partial charge in [0.05, 0.1) is 38.6 Å². The molecule has 2 N–H and O–H groups in total. The molecular weight excluding hydrogens is 689 g/mol. The number of amides is 2. The predicted molar refractivity (Wildman–Crippen MR) is 194 cm³/mol. The largest absolute Gasteiger partial charge is 0.527 e. The number of aryl methyl sites for hydroxylation is 1. The van der Waals surface area contributed by atoms with Gasteiger partial charge >= 0.3 is 6.16 Å². The molecule has 0 spiro atoms. The molecule has 2 aromatic carbocycles. The molecule has 52 heavy (non-hydrogen) atoms. The Kier molecular flexibility index (Phi) is 12.1. The summed E-state index contributed by atoms with van der Waals surface area (Å²) >= 11 is 0. The number of nitrogens with zero attached hydrogens (tertiary/aromatic N) is 5. The molecule has 4 heterocycles. The SMILES string of the molecule is CCCCOC(=O)ON1CCN(C(=O)[C@H](CP2(=O)Nc3c(C)cccc3CO2)NC(=O)c2cc(N3CC[C@H](OC)C3)nc(-c3ccccc3)n2)CC1. The minimum absolute atomic E-state index is 0.0287. The van der Waals surface area contributed by atoms with Gasteiger partial charge < -0.3 is 39.0 Å². The summed E-state index contributed by atoms with van der Waals surface area (Å²) < 4.78 is 30.8. The predicted octanol–water partition coefficient (Wildman–Crippen LogP) is 4.62. The molecule has 0 saturated carbocycles. The molecule has 0 radical (unpaired) electrons. The van der Waals surface area contributed by atoms with Crippen molar-refractivity contribution in [2.45, 2.75) is 51.9 Å². The van der Waals surface area contributed by atoms with Crippen LogP contribution in [0, 0.1) is 6.92 Å². The number of carbonyl (C=O) groups is 3. The van der Waals surface area contributed by atoms with Crippen molar-refractivity contribution in [2.24, 2.45) is 0 Å². The smallest absolute Gasteiger partial charge is 0.433 e. The van der Waals surface area contributed by atoms with Gasteiger partial charge in [-0.05, 0) is 25.3 Å². The highest BCUT2D eigenvalue weighted by molar-refractivity contribution is 7.60. The zero-order valence-electron chi connectivity index (χ0n) is 29.8. The Morgan fingerprint density at radius 1 is 1.06 bits per heavy atom. The second-order valence-electron chi connectivity index (χ2n) is 13.1. The van der Waals surface area contributed by atoms with Crippen LogP contribution in [0.4, 0.5) is 16.3 Å². The van der Waals surface area contributed by atoms with Crippen LogP contribution >= 0.6 is 7.52 Å². The summed E-state index contributed by atoms with van der Waals surface area (Å²) in [6, 6.07) is 15.4. The topological polar surface area (TPSA) is 165 Å². The van der Waals surface area contributed by atoms with E-state index in [1.807, 2.05) is 67.3 Å². The van der Waals surface area contributed by atoms with Crippen LogP contribution in [0.3, 0.4) is 0 Å². The van der Waals surface area contributed by atoms with E-state index >= 15 is 0 Å². The number of methoxy groups -OCH3 is 1. The molecule has 3 aromatic rings. The lowest BCUT2D eigenvalue weighted by Gasteiger charge is -2.36. The lowest BCUT2D eigenvalue weighted by Crippen LogP contribution is -2.56. The molecule has 0 aliphatic carbocycles. The minimum atomic E-state index is -3.68. The lowest BCUT2D eigenvalue weighted by atomic mass is 10.1. The molecule has 2 amide bonds. The van der Waals surface area contributed by atoms with Crippen LogP contribution < -0.4 is 15.3 Å².